The SMILES string of the molecule is CC(C)C(C)N(C)C(=O)c1cc(N)n[nH]1. The largest absolute Gasteiger partial charge is 0.382 e. The Morgan fingerprint density at radius 2 is 2.13 bits per heavy atom. The van der Waals surface area contributed by atoms with E-state index in [9.17, 15) is 4.79 Å². The smallest absolute Gasteiger partial charge is 0.271 e. The van der Waals surface area contributed by atoms with Gasteiger partial charge in [0.1, 0.15) is 11.5 Å². The van der Waals surface area contributed by atoms with Gasteiger partial charge in [-0.2, -0.15) is 5.10 Å². The zero-order valence-corrected chi connectivity index (χ0v) is 9.61. The average molecular weight is 210 g/mol. The number of anilines is 1. The number of hydrogen-bond acceptors (Lipinski definition) is 3. The lowest BCUT2D eigenvalue weighted by Crippen LogP contribution is -2.38. The molecule has 5 heteroatoms. The van der Waals surface area contributed by atoms with Gasteiger partial charge in [0.15, 0.2) is 0 Å². The van der Waals surface area contributed by atoms with Gasteiger partial charge in [-0.25, -0.2) is 0 Å². The third-order valence-electron chi connectivity index (χ3n) is 2.72. The number of hydrogen-bond donors (Lipinski definition) is 2. The first-order valence-corrected chi connectivity index (χ1v) is 5.01. The molecule has 84 valence electrons. The number of nitrogens with one attached hydrogen (secondary N) is 1. The Morgan fingerprint density at radius 3 is 2.53 bits per heavy atom. The molecule has 0 radical (unpaired) electrons. The first-order valence-electron chi connectivity index (χ1n) is 5.01. The summed E-state index contributed by atoms with van der Waals surface area (Å²) in [7, 11) is 1.78. The first kappa shape index (κ1) is 11.6. The van der Waals surface area contributed by atoms with Crippen LogP contribution in [0.3, 0.4) is 0 Å². The van der Waals surface area contributed by atoms with Gasteiger partial charge in [0.25, 0.3) is 5.91 Å². The molecule has 0 aliphatic heterocycles. The van der Waals surface area contributed by atoms with Crippen LogP contribution in [0.5, 0.6) is 0 Å². The molecule has 15 heavy (non-hydrogen) atoms. The highest BCUT2D eigenvalue weighted by Gasteiger charge is 2.21. The minimum absolute atomic E-state index is 0.0830. The summed E-state index contributed by atoms with van der Waals surface area (Å²) >= 11 is 0. The van der Waals surface area contributed by atoms with E-state index in [2.05, 4.69) is 24.0 Å². The molecule has 0 aliphatic rings. The van der Waals surface area contributed by atoms with Crippen LogP contribution in [0.4, 0.5) is 5.82 Å². The summed E-state index contributed by atoms with van der Waals surface area (Å²) in [5.41, 5.74) is 5.87. The number of rotatable bonds is 3. The molecule has 1 aromatic heterocycles. The summed E-state index contributed by atoms with van der Waals surface area (Å²) < 4.78 is 0. The Kier molecular flexibility index (Phi) is 3.34. The minimum Gasteiger partial charge on any atom is -0.382 e. The lowest BCUT2D eigenvalue weighted by Gasteiger charge is -2.27. The van der Waals surface area contributed by atoms with Gasteiger partial charge in [-0.15, -0.1) is 0 Å². The Bertz CT molecular complexity index is 345. The Labute approximate surface area is 89.6 Å². The van der Waals surface area contributed by atoms with E-state index in [0.29, 0.717) is 17.4 Å². The zero-order valence-electron chi connectivity index (χ0n) is 9.61. The van der Waals surface area contributed by atoms with Crippen LogP contribution in [-0.2, 0) is 0 Å². The van der Waals surface area contributed by atoms with Crippen molar-refractivity contribution in [1.29, 1.82) is 0 Å². The molecule has 1 rings (SSSR count). The van der Waals surface area contributed by atoms with Crippen molar-refractivity contribution >= 4 is 11.7 Å². The molecule has 3 N–H and O–H groups in total. The van der Waals surface area contributed by atoms with Crippen LogP contribution < -0.4 is 5.73 Å². The molecule has 0 saturated heterocycles. The van der Waals surface area contributed by atoms with Gasteiger partial charge < -0.3 is 10.6 Å². The maximum Gasteiger partial charge on any atom is 0.271 e. The van der Waals surface area contributed by atoms with Crippen LogP contribution in [0.2, 0.25) is 0 Å². The minimum atomic E-state index is -0.0830. The summed E-state index contributed by atoms with van der Waals surface area (Å²) in [6.45, 7) is 6.17. The van der Waals surface area contributed by atoms with Gasteiger partial charge in [0.05, 0.1) is 0 Å². The van der Waals surface area contributed by atoms with Gasteiger partial charge in [0, 0.05) is 19.2 Å². The lowest BCUT2D eigenvalue weighted by molar-refractivity contribution is 0.0701. The molecule has 0 aromatic carbocycles. The van der Waals surface area contributed by atoms with Crippen molar-refractivity contribution in [2.75, 3.05) is 12.8 Å². The zero-order chi connectivity index (χ0) is 11.6. The summed E-state index contributed by atoms with van der Waals surface area (Å²) in [6.07, 6.45) is 0. The Balaban J connectivity index is 2.77. The number of carbonyl (C=O) groups is 1. The highest BCUT2D eigenvalue weighted by Crippen LogP contribution is 2.12. The van der Waals surface area contributed by atoms with E-state index in [1.54, 1.807) is 18.0 Å². The number of carbonyl (C=O) groups excluding carboxylic acids is 1. The molecule has 5 nitrogen and oxygen atoms in total. The van der Waals surface area contributed by atoms with Gasteiger partial charge in [-0.3, -0.25) is 9.89 Å². The van der Waals surface area contributed by atoms with Crippen LogP contribution in [0.1, 0.15) is 31.3 Å². The summed E-state index contributed by atoms with van der Waals surface area (Å²) in [5, 5.41) is 6.34. The topological polar surface area (TPSA) is 75.0 Å². The van der Waals surface area contributed by atoms with Crippen LogP contribution in [-0.4, -0.2) is 34.1 Å². The van der Waals surface area contributed by atoms with Crippen LogP contribution in [0, 0.1) is 5.92 Å². The molecular formula is C10H18N4O. The summed E-state index contributed by atoms with van der Waals surface area (Å²) in [5.74, 6) is 0.670. The molecule has 0 aliphatic carbocycles. The van der Waals surface area contributed by atoms with Crippen LogP contribution in [0.15, 0.2) is 6.07 Å². The highest BCUT2D eigenvalue weighted by atomic mass is 16.2. The molecule has 0 spiro atoms. The van der Waals surface area contributed by atoms with E-state index < -0.39 is 0 Å². The van der Waals surface area contributed by atoms with Gasteiger partial charge >= 0.3 is 0 Å². The van der Waals surface area contributed by atoms with Crippen LogP contribution >= 0.6 is 0 Å². The third-order valence-corrected chi connectivity index (χ3v) is 2.72. The third kappa shape index (κ3) is 2.49. The van der Waals surface area contributed by atoms with Crippen LogP contribution in [0.25, 0.3) is 0 Å². The predicted molar refractivity (Wildman–Crippen MR) is 59.4 cm³/mol. The molecule has 0 saturated carbocycles. The second kappa shape index (κ2) is 4.33. The highest BCUT2D eigenvalue weighted by molar-refractivity contribution is 5.92. The molecule has 1 atom stereocenters. The Hall–Kier alpha value is -1.52. The van der Waals surface area contributed by atoms with Crippen molar-refractivity contribution in [3.63, 3.8) is 0 Å². The fourth-order valence-corrected chi connectivity index (χ4v) is 1.27. The number of amides is 1. The normalized spacial score (nSPS) is 12.9. The van der Waals surface area contributed by atoms with Gasteiger partial charge in [-0.1, -0.05) is 13.8 Å². The van der Waals surface area contributed by atoms with Crippen molar-refractivity contribution in [1.82, 2.24) is 15.1 Å². The molecule has 1 unspecified atom stereocenters. The van der Waals surface area contributed by atoms with Crippen molar-refractivity contribution < 1.29 is 4.79 Å². The average Bonchev–Trinajstić information content (AvgIpc) is 2.61. The monoisotopic (exact) mass is 210 g/mol. The molecule has 0 fully saturated rings. The molecule has 1 aromatic rings. The number of aromatic amines is 1. The maximum atomic E-state index is 11.9. The van der Waals surface area contributed by atoms with Gasteiger partial charge in [-0.05, 0) is 12.8 Å². The second-order valence-electron chi connectivity index (χ2n) is 4.11. The van der Waals surface area contributed by atoms with E-state index in [1.165, 1.54) is 0 Å². The van der Waals surface area contributed by atoms with E-state index in [1.807, 2.05) is 6.92 Å². The van der Waals surface area contributed by atoms with E-state index in [0.717, 1.165) is 0 Å². The van der Waals surface area contributed by atoms with Crippen molar-refractivity contribution in [2.24, 2.45) is 5.92 Å². The number of H-pyrrole nitrogens is 1. The van der Waals surface area contributed by atoms with Crippen molar-refractivity contribution in [3.8, 4) is 0 Å². The summed E-state index contributed by atoms with van der Waals surface area (Å²) in [6, 6.07) is 1.73. The standard InChI is InChI=1S/C10H18N4O/c1-6(2)7(3)14(4)10(15)8-5-9(11)13-12-8/h5-7H,1-4H3,(H3,11,12,13). The van der Waals surface area contributed by atoms with Gasteiger partial charge in [0.2, 0.25) is 0 Å². The number of nitrogens with zero attached hydrogens (tertiary/aromatic N) is 2. The number of aromatic nitrogens is 2. The molecule has 1 amide bonds. The quantitative estimate of drug-likeness (QED) is 0.784. The lowest BCUT2D eigenvalue weighted by atomic mass is 10.1. The fraction of sp³-hybridized carbons (Fsp3) is 0.600. The molecular weight excluding hydrogens is 192 g/mol. The predicted octanol–water partition coefficient (Wildman–Crippen LogP) is 1.11. The van der Waals surface area contributed by atoms with E-state index in [4.69, 9.17) is 5.73 Å². The maximum absolute atomic E-state index is 11.9. The first-order chi connectivity index (χ1) is 6.93. The Morgan fingerprint density at radius 1 is 1.53 bits per heavy atom. The van der Waals surface area contributed by atoms with Crippen molar-refractivity contribution in [2.45, 2.75) is 26.8 Å². The van der Waals surface area contributed by atoms with E-state index in [-0.39, 0.29) is 11.9 Å². The fourth-order valence-electron chi connectivity index (χ4n) is 1.27. The molecule has 1 heterocycles. The summed E-state index contributed by atoms with van der Waals surface area (Å²) in [4.78, 5) is 13.6. The second-order valence-corrected chi connectivity index (χ2v) is 4.11. The van der Waals surface area contributed by atoms with E-state index >= 15 is 0 Å². The molecule has 0 bridgehead atoms. The van der Waals surface area contributed by atoms with Crippen molar-refractivity contribution in [3.05, 3.63) is 11.8 Å². The number of nitrogen functional groups attached to an aromatic ring is 1. The number of nitrogens with two attached hydrogens (primary N) is 1.